The molecule has 1 fully saturated rings. The molecule has 1 aliphatic heterocycles. The zero-order chi connectivity index (χ0) is 17.0. The van der Waals surface area contributed by atoms with E-state index in [2.05, 4.69) is 28.8 Å². The summed E-state index contributed by atoms with van der Waals surface area (Å²) in [6.07, 6.45) is 7.04. The molecule has 2 rings (SSSR count). The molecule has 0 bridgehead atoms. The van der Waals surface area contributed by atoms with Gasteiger partial charge in [0.2, 0.25) is 0 Å². The molecule has 6 heteroatoms. The SMILES string of the molecule is CC(c1cnccn1)N(C)[C@@H]1CCCN(C(=O)OC(C)(C)C)C1. The summed E-state index contributed by atoms with van der Waals surface area (Å²) in [5.74, 6) is 0. The molecule has 6 nitrogen and oxygen atoms in total. The first-order valence-electron chi connectivity index (χ1n) is 8.23. The van der Waals surface area contributed by atoms with Crippen molar-refractivity contribution in [2.75, 3.05) is 20.1 Å². The fourth-order valence-electron chi connectivity index (χ4n) is 2.83. The van der Waals surface area contributed by atoms with Gasteiger partial charge in [-0.25, -0.2) is 4.79 Å². The van der Waals surface area contributed by atoms with E-state index in [0.717, 1.165) is 25.1 Å². The van der Waals surface area contributed by atoms with E-state index < -0.39 is 5.60 Å². The maximum atomic E-state index is 12.3. The van der Waals surface area contributed by atoms with Crippen LogP contribution in [0.3, 0.4) is 0 Å². The van der Waals surface area contributed by atoms with Crippen LogP contribution in [0.4, 0.5) is 4.79 Å². The second kappa shape index (κ2) is 7.25. The molecule has 0 aliphatic carbocycles. The molecular formula is C17H28N4O2. The van der Waals surface area contributed by atoms with Gasteiger partial charge in [-0.1, -0.05) is 0 Å². The molecule has 1 aromatic rings. The van der Waals surface area contributed by atoms with E-state index in [0.29, 0.717) is 12.6 Å². The largest absolute Gasteiger partial charge is 0.444 e. The lowest BCUT2D eigenvalue weighted by molar-refractivity contribution is 0.00957. The van der Waals surface area contributed by atoms with Crippen molar-refractivity contribution < 1.29 is 9.53 Å². The van der Waals surface area contributed by atoms with Gasteiger partial charge in [0, 0.05) is 37.7 Å². The topological polar surface area (TPSA) is 58.6 Å². The molecule has 1 aromatic heterocycles. The smallest absolute Gasteiger partial charge is 0.410 e. The lowest BCUT2D eigenvalue weighted by Gasteiger charge is -2.40. The molecule has 0 radical (unpaired) electrons. The van der Waals surface area contributed by atoms with Gasteiger partial charge in [0.05, 0.1) is 11.7 Å². The third-order valence-corrected chi connectivity index (χ3v) is 4.25. The van der Waals surface area contributed by atoms with E-state index in [1.165, 1.54) is 0 Å². The third-order valence-electron chi connectivity index (χ3n) is 4.25. The van der Waals surface area contributed by atoms with Crippen molar-refractivity contribution in [1.82, 2.24) is 19.8 Å². The van der Waals surface area contributed by atoms with Crippen molar-refractivity contribution in [2.45, 2.75) is 58.2 Å². The van der Waals surface area contributed by atoms with Crippen molar-refractivity contribution in [3.8, 4) is 0 Å². The van der Waals surface area contributed by atoms with Gasteiger partial charge in [0.1, 0.15) is 5.60 Å². The van der Waals surface area contributed by atoms with Gasteiger partial charge in [-0.15, -0.1) is 0 Å². The molecule has 23 heavy (non-hydrogen) atoms. The Balaban J connectivity index is 1.99. The van der Waals surface area contributed by atoms with Crippen LogP contribution in [0.5, 0.6) is 0 Å². The average Bonchev–Trinajstić information content (AvgIpc) is 2.53. The Morgan fingerprint density at radius 3 is 2.78 bits per heavy atom. The molecule has 2 atom stereocenters. The van der Waals surface area contributed by atoms with Crippen LogP contribution in [-0.2, 0) is 4.74 Å². The van der Waals surface area contributed by atoms with Crippen molar-refractivity contribution in [2.24, 2.45) is 0 Å². The Morgan fingerprint density at radius 1 is 1.43 bits per heavy atom. The van der Waals surface area contributed by atoms with Gasteiger partial charge in [-0.3, -0.25) is 14.9 Å². The summed E-state index contributed by atoms with van der Waals surface area (Å²) < 4.78 is 5.50. The van der Waals surface area contributed by atoms with E-state index in [9.17, 15) is 4.79 Å². The summed E-state index contributed by atoms with van der Waals surface area (Å²) in [5, 5.41) is 0. The molecular weight excluding hydrogens is 292 g/mol. The highest BCUT2D eigenvalue weighted by Gasteiger charge is 2.31. The summed E-state index contributed by atoms with van der Waals surface area (Å²) in [5.41, 5.74) is 0.493. The quantitative estimate of drug-likeness (QED) is 0.857. The van der Waals surface area contributed by atoms with Crippen LogP contribution in [0.15, 0.2) is 18.6 Å². The highest BCUT2D eigenvalue weighted by Crippen LogP contribution is 2.24. The van der Waals surface area contributed by atoms with Gasteiger partial charge in [0.15, 0.2) is 0 Å². The molecule has 1 aliphatic rings. The number of carbonyl (C=O) groups is 1. The molecule has 2 heterocycles. The number of carbonyl (C=O) groups excluding carboxylic acids is 1. The maximum Gasteiger partial charge on any atom is 0.410 e. The first-order valence-corrected chi connectivity index (χ1v) is 8.23. The summed E-state index contributed by atoms with van der Waals surface area (Å²) >= 11 is 0. The summed E-state index contributed by atoms with van der Waals surface area (Å²) in [6, 6.07) is 0.459. The normalized spacial score (nSPS) is 20.4. The zero-order valence-corrected chi connectivity index (χ0v) is 14.8. The Labute approximate surface area is 138 Å². The van der Waals surface area contributed by atoms with E-state index in [4.69, 9.17) is 4.74 Å². The number of hydrogen-bond acceptors (Lipinski definition) is 5. The van der Waals surface area contributed by atoms with E-state index in [1.807, 2.05) is 25.7 Å². The monoisotopic (exact) mass is 320 g/mol. The second-order valence-corrected chi connectivity index (χ2v) is 7.19. The predicted molar refractivity (Wildman–Crippen MR) is 89.0 cm³/mol. The molecule has 0 N–H and O–H groups in total. The first-order chi connectivity index (χ1) is 10.8. The van der Waals surface area contributed by atoms with Crippen LogP contribution in [-0.4, -0.2) is 57.6 Å². The zero-order valence-electron chi connectivity index (χ0n) is 14.8. The number of rotatable bonds is 3. The minimum absolute atomic E-state index is 0.160. The van der Waals surface area contributed by atoms with E-state index in [-0.39, 0.29) is 12.1 Å². The maximum absolute atomic E-state index is 12.3. The van der Waals surface area contributed by atoms with Gasteiger partial charge >= 0.3 is 6.09 Å². The van der Waals surface area contributed by atoms with E-state index in [1.54, 1.807) is 18.6 Å². The molecule has 0 spiro atoms. The van der Waals surface area contributed by atoms with Crippen LogP contribution in [0.2, 0.25) is 0 Å². The minimum atomic E-state index is -0.456. The average molecular weight is 320 g/mol. The molecule has 128 valence electrons. The number of ether oxygens (including phenoxy) is 1. The van der Waals surface area contributed by atoms with Crippen molar-refractivity contribution in [3.05, 3.63) is 24.3 Å². The van der Waals surface area contributed by atoms with E-state index >= 15 is 0 Å². The molecule has 1 saturated heterocycles. The van der Waals surface area contributed by atoms with Gasteiger partial charge < -0.3 is 9.64 Å². The van der Waals surface area contributed by atoms with Crippen molar-refractivity contribution in [1.29, 1.82) is 0 Å². The summed E-state index contributed by atoms with van der Waals surface area (Å²) in [6.45, 7) is 9.27. The fourth-order valence-corrected chi connectivity index (χ4v) is 2.83. The number of aromatic nitrogens is 2. The van der Waals surface area contributed by atoms with Gasteiger partial charge in [-0.2, -0.15) is 0 Å². The predicted octanol–water partition coefficient (Wildman–Crippen LogP) is 2.87. The Bertz CT molecular complexity index is 515. The summed E-state index contributed by atoms with van der Waals surface area (Å²) in [4.78, 5) is 24.9. The number of likely N-dealkylation sites (N-methyl/N-ethyl adjacent to an activating group) is 1. The number of hydrogen-bond donors (Lipinski definition) is 0. The fraction of sp³-hybridized carbons (Fsp3) is 0.706. The van der Waals surface area contributed by atoms with Crippen molar-refractivity contribution in [3.63, 3.8) is 0 Å². The lowest BCUT2D eigenvalue weighted by Crippen LogP contribution is -2.50. The molecule has 0 aromatic carbocycles. The van der Waals surface area contributed by atoms with Gasteiger partial charge in [-0.05, 0) is 47.6 Å². The number of piperidine rings is 1. The molecule has 1 unspecified atom stereocenters. The number of amides is 1. The standard InChI is InChI=1S/C17H28N4O2/c1-13(15-11-18-8-9-19-15)20(5)14-7-6-10-21(12-14)16(22)23-17(2,3)4/h8-9,11,13-14H,6-7,10,12H2,1-5H3/t13?,14-/m1/s1. The van der Waals surface area contributed by atoms with Gasteiger partial charge in [0.25, 0.3) is 0 Å². The first kappa shape index (κ1) is 17.7. The Morgan fingerprint density at radius 2 is 2.17 bits per heavy atom. The van der Waals surface area contributed by atoms with Crippen LogP contribution in [0.25, 0.3) is 0 Å². The van der Waals surface area contributed by atoms with Crippen LogP contribution in [0, 0.1) is 0 Å². The van der Waals surface area contributed by atoms with Crippen LogP contribution >= 0.6 is 0 Å². The molecule has 0 saturated carbocycles. The Hall–Kier alpha value is -1.69. The number of likely N-dealkylation sites (tertiary alicyclic amines) is 1. The highest BCUT2D eigenvalue weighted by atomic mass is 16.6. The molecule has 1 amide bonds. The summed E-state index contributed by atoms with van der Waals surface area (Å²) in [7, 11) is 2.09. The Kier molecular flexibility index (Phi) is 5.57. The van der Waals surface area contributed by atoms with Crippen LogP contribution in [0.1, 0.15) is 52.3 Å². The second-order valence-electron chi connectivity index (χ2n) is 7.19. The highest BCUT2D eigenvalue weighted by molar-refractivity contribution is 5.68. The third kappa shape index (κ3) is 4.89. The number of nitrogens with zero attached hydrogens (tertiary/aromatic N) is 4. The van der Waals surface area contributed by atoms with Crippen molar-refractivity contribution >= 4 is 6.09 Å². The lowest BCUT2D eigenvalue weighted by atomic mass is 10.0. The minimum Gasteiger partial charge on any atom is -0.444 e. The van der Waals surface area contributed by atoms with Crippen LogP contribution < -0.4 is 0 Å².